The second kappa shape index (κ2) is 5.04. The molecule has 1 N–H and O–H groups in total. The van der Waals surface area contributed by atoms with Crippen LogP contribution >= 0.6 is 0 Å². The summed E-state index contributed by atoms with van der Waals surface area (Å²) >= 11 is 0. The first kappa shape index (κ1) is 12.8. The van der Waals surface area contributed by atoms with Gasteiger partial charge in [0, 0.05) is 6.42 Å². The van der Waals surface area contributed by atoms with Crippen LogP contribution in [0, 0.1) is 5.92 Å². The molecule has 2 aliphatic rings. The number of hydrogen-bond donors (Lipinski definition) is 1. The van der Waals surface area contributed by atoms with Crippen molar-refractivity contribution in [3.63, 3.8) is 0 Å². The third-order valence-corrected chi connectivity index (χ3v) is 4.39. The molecule has 0 atom stereocenters. The van der Waals surface area contributed by atoms with Crippen molar-refractivity contribution < 1.29 is 14.6 Å². The molecule has 1 aromatic carbocycles. The lowest BCUT2D eigenvalue weighted by Gasteiger charge is -2.35. The van der Waals surface area contributed by atoms with Gasteiger partial charge in [-0.15, -0.1) is 0 Å². The van der Waals surface area contributed by atoms with Crippen LogP contribution in [0.3, 0.4) is 0 Å². The molecule has 1 aliphatic carbocycles. The molecule has 0 amide bonds. The van der Waals surface area contributed by atoms with Gasteiger partial charge in [0.2, 0.25) is 0 Å². The van der Waals surface area contributed by atoms with Gasteiger partial charge >= 0.3 is 0 Å². The number of benzene rings is 1. The molecule has 0 aromatic heterocycles. The maximum absolute atomic E-state index is 10.8. The average Bonchev–Trinajstić information content (AvgIpc) is 2.66. The Morgan fingerprint density at radius 3 is 2.53 bits per heavy atom. The largest absolute Gasteiger partial charge is 0.490 e. The highest BCUT2D eigenvalue weighted by Gasteiger charge is 2.34. The topological polar surface area (TPSA) is 38.7 Å². The summed E-state index contributed by atoms with van der Waals surface area (Å²) in [6.45, 7) is 3.65. The predicted octanol–water partition coefficient (Wildman–Crippen LogP) is 3.25. The van der Waals surface area contributed by atoms with Gasteiger partial charge < -0.3 is 14.6 Å². The Labute approximate surface area is 114 Å². The van der Waals surface area contributed by atoms with E-state index >= 15 is 0 Å². The van der Waals surface area contributed by atoms with E-state index in [1.165, 1.54) is 0 Å². The van der Waals surface area contributed by atoms with Crippen molar-refractivity contribution in [2.45, 2.75) is 44.6 Å². The van der Waals surface area contributed by atoms with Gasteiger partial charge in [0.15, 0.2) is 11.5 Å². The van der Waals surface area contributed by atoms with Crippen LogP contribution in [0.5, 0.6) is 11.5 Å². The van der Waals surface area contributed by atoms with E-state index in [4.69, 9.17) is 9.47 Å². The van der Waals surface area contributed by atoms with Crippen LogP contribution in [-0.4, -0.2) is 18.3 Å². The van der Waals surface area contributed by atoms with Crippen molar-refractivity contribution in [2.24, 2.45) is 5.92 Å². The highest BCUT2D eigenvalue weighted by molar-refractivity contribution is 5.45. The molecule has 0 saturated heterocycles. The first-order chi connectivity index (χ1) is 9.17. The van der Waals surface area contributed by atoms with Crippen LogP contribution < -0.4 is 9.47 Å². The molecule has 1 saturated carbocycles. The molecule has 3 nitrogen and oxygen atoms in total. The van der Waals surface area contributed by atoms with Crippen molar-refractivity contribution in [1.82, 2.24) is 0 Å². The number of hydrogen-bond acceptors (Lipinski definition) is 3. The van der Waals surface area contributed by atoms with E-state index in [2.05, 4.69) is 6.92 Å². The van der Waals surface area contributed by atoms with Gasteiger partial charge in [0.25, 0.3) is 0 Å². The molecule has 3 heteroatoms. The van der Waals surface area contributed by atoms with Crippen LogP contribution in [0.1, 0.15) is 44.6 Å². The summed E-state index contributed by atoms with van der Waals surface area (Å²) in [5.41, 5.74) is 0.292. The summed E-state index contributed by atoms with van der Waals surface area (Å²) in [5.74, 6) is 2.30. The van der Waals surface area contributed by atoms with Crippen LogP contribution in [0.25, 0.3) is 0 Å². The Morgan fingerprint density at radius 1 is 1.11 bits per heavy atom. The lowest BCUT2D eigenvalue weighted by molar-refractivity contribution is -0.0122. The van der Waals surface area contributed by atoms with Crippen LogP contribution in [0.15, 0.2) is 18.2 Å². The summed E-state index contributed by atoms with van der Waals surface area (Å²) in [5, 5.41) is 10.8. The van der Waals surface area contributed by atoms with Gasteiger partial charge in [-0.05, 0) is 49.3 Å². The number of ether oxygens (including phenoxy) is 2. The molecule has 0 bridgehead atoms. The maximum Gasteiger partial charge on any atom is 0.161 e. The maximum atomic E-state index is 10.8. The Morgan fingerprint density at radius 2 is 1.79 bits per heavy atom. The van der Waals surface area contributed by atoms with E-state index in [0.29, 0.717) is 13.2 Å². The fourth-order valence-corrected chi connectivity index (χ4v) is 2.98. The summed E-state index contributed by atoms with van der Waals surface area (Å²) < 4.78 is 11.3. The van der Waals surface area contributed by atoms with E-state index in [0.717, 1.165) is 55.1 Å². The van der Waals surface area contributed by atoms with E-state index in [9.17, 15) is 5.11 Å². The van der Waals surface area contributed by atoms with Crippen molar-refractivity contribution in [1.29, 1.82) is 0 Å². The Kier molecular flexibility index (Phi) is 3.40. The summed E-state index contributed by atoms with van der Waals surface area (Å²) in [6.07, 6.45) is 4.77. The SMILES string of the molecule is CC1CCC(O)(c2ccc3c(c2)OCCCO3)CC1. The van der Waals surface area contributed by atoms with Crippen LogP contribution in [-0.2, 0) is 5.60 Å². The number of fused-ring (bicyclic) bond motifs is 1. The van der Waals surface area contributed by atoms with Gasteiger partial charge in [0.1, 0.15) is 0 Å². The quantitative estimate of drug-likeness (QED) is 0.844. The minimum absolute atomic E-state index is 0.683. The molecule has 0 unspecified atom stereocenters. The minimum atomic E-state index is -0.683. The zero-order chi connectivity index (χ0) is 13.3. The molecule has 1 aliphatic heterocycles. The molecule has 0 spiro atoms. The van der Waals surface area contributed by atoms with Crippen LogP contribution in [0.2, 0.25) is 0 Å². The van der Waals surface area contributed by atoms with Crippen LogP contribution in [0.4, 0.5) is 0 Å². The van der Waals surface area contributed by atoms with Gasteiger partial charge in [-0.1, -0.05) is 13.0 Å². The minimum Gasteiger partial charge on any atom is -0.490 e. The summed E-state index contributed by atoms with van der Waals surface area (Å²) in [6, 6.07) is 5.89. The van der Waals surface area contributed by atoms with Gasteiger partial charge in [0.05, 0.1) is 18.8 Å². The standard InChI is InChI=1S/C16H22O3/c1-12-5-7-16(17,8-6-12)13-3-4-14-15(11-13)19-10-2-9-18-14/h3-4,11-12,17H,2,5-10H2,1H3. The highest BCUT2D eigenvalue weighted by atomic mass is 16.5. The van der Waals surface area contributed by atoms with Gasteiger partial charge in [-0.2, -0.15) is 0 Å². The Bertz CT molecular complexity index is 447. The smallest absolute Gasteiger partial charge is 0.161 e. The van der Waals surface area contributed by atoms with Crippen molar-refractivity contribution in [2.75, 3.05) is 13.2 Å². The molecular formula is C16H22O3. The Balaban J connectivity index is 1.87. The fraction of sp³-hybridized carbons (Fsp3) is 0.625. The zero-order valence-electron chi connectivity index (χ0n) is 11.5. The second-order valence-electron chi connectivity index (χ2n) is 5.93. The van der Waals surface area contributed by atoms with E-state index in [-0.39, 0.29) is 0 Å². The fourth-order valence-electron chi connectivity index (χ4n) is 2.98. The molecule has 0 radical (unpaired) electrons. The normalized spacial score (nSPS) is 30.7. The van der Waals surface area contributed by atoms with Crippen molar-refractivity contribution in [3.8, 4) is 11.5 Å². The molecular weight excluding hydrogens is 240 g/mol. The average molecular weight is 262 g/mol. The Hall–Kier alpha value is -1.22. The molecule has 3 rings (SSSR count). The number of rotatable bonds is 1. The van der Waals surface area contributed by atoms with E-state index < -0.39 is 5.60 Å². The number of aliphatic hydroxyl groups is 1. The highest BCUT2D eigenvalue weighted by Crippen LogP contribution is 2.42. The summed E-state index contributed by atoms with van der Waals surface area (Å²) in [4.78, 5) is 0. The first-order valence-electron chi connectivity index (χ1n) is 7.30. The predicted molar refractivity (Wildman–Crippen MR) is 73.6 cm³/mol. The lowest BCUT2D eigenvalue weighted by atomic mass is 9.76. The van der Waals surface area contributed by atoms with E-state index in [1.807, 2.05) is 18.2 Å². The third-order valence-electron chi connectivity index (χ3n) is 4.39. The van der Waals surface area contributed by atoms with Gasteiger partial charge in [-0.25, -0.2) is 0 Å². The molecule has 1 aromatic rings. The van der Waals surface area contributed by atoms with Gasteiger partial charge in [-0.3, -0.25) is 0 Å². The molecule has 1 fully saturated rings. The lowest BCUT2D eigenvalue weighted by Crippen LogP contribution is -2.30. The third kappa shape index (κ3) is 2.57. The summed E-state index contributed by atoms with van der Waals surface area (Å²) in [7, 11) is 0. The van der Waals surface area contributed by atoms with Crippen molar-refractivity contribution in [3.05, 3.63) is 23.8 Å². The molecule has 1 heterocycles. The second-order valence-corrected chi connectivity index (χ2v) is 5.93. The first-order valence-corrected chi connectivity index (χ1v) is 7.30. The monoisotopic (exact) mass is 262 g/mol. The zero-order valence-corrected chi connectivity index (χ0v) is 11.5. The molecule has 19 heavy (non-hydrogen) atoms. The van der Waals surface area contributed by atoms with Crippen molar-refractivity contribution >= 4 is 0 Å². The molecule has 104 valence electrons. The van der Waals surface area contributed by atoms with E-state index in [1.54, 1.807) is 0 Å².